The van der Waals surface area contributed by atoms with E-state index >= 15 is 0 Å². The topological polar surface area (TPSA) is 35.5 Å². The fourth-order valence-electron chi connectivity index (χ4n) is 1.28. The van der Waals surface area contributed by atoms with Gasteiger partial charge in [0.25, 0.3) is 0 Å². The van der Waals surface area contributed by atoms with E-state index < -0.39 is 25.0 Å². The van der Waals surface area contributed by atoms with Crippen molar-refractivity contribution in [3.8, 4) is 5.75 Å². The monoisotopic (exact) mass is 396 g/mol. The zero-order valence-corrected chi connectivity index (χ0v) is 14.7. The third-order valence-corrected chi connectivity index (χ3v) is 6.94. The van der Waals surface area contributed by atoms with Gasteiger partial charge in [-0.3, -0.25) is 0 Å². The second-order valence-corrected chi connectivity index (χ2v) is 8.75. The predicted molar refractivity (Wildman–Crippen MR) is 53.3 cm³/mol. The fraction of sp³-hybridized carbons (Fsp3) is 0.364. The summed E-state index contributed by atoms with van der Waals surface area (Å²) in [6, 6.07) is 8.02. The first-order valence-corrected chi connectivity index (χ1v) is 11.1. The van der Waals surface area contributed by atoms with Crippen LogP contribution in [0.3, 0.4) is 0 Å². The van der Waals surface area contributed by atoms with Crippen LogP contribution in [0.25, 0.3) is 0 Å². The Morgan fingerprint density at radius 3 is 2.53 bits per heavy atom. The van der Waals surface area contributed by atoms with Gasteiger partial charge in [-0.2, -0.15) is 0 Å². The van der Waals surface area contributed by atoms with Crippen LogP contribution in [0.4, 0.5) is 0 Å². The van der Waals surface area contributed by atoms with Crippen LogP contribution >= 0.6 is 0 Å². The minimum atomic E-state index is -1.37. The molecule has 3 nitrogen and oxygen atoms in total. The molecule has 0 aliphatic heterocycles. The molecular weight excluding hydrogens is 381 g/mol. The van der Waals surface area contributed by atoms with Crippen molar-refractivity contribution in [2.45, 2.75) is 17.3 Å². The zero-order valence-electron chi connectivity index (χ0n) is 9.16. The number of carbonyl (C=O) groups is 1. The van der Waals surface area contributed by atoms with Crippen molar-refractivity contribution in [2.75, 3.05) is 7.11 Å². The molecule has 4 heteroatoms. The third-order valence-electron chi connectivity index (χ3n) is 2.07. The number of benzene rings is 1. The maximum atomic E-state index is 10.6. The number of ether oxygens (including phenoxy) is 1. The number of methoxy groups -OCH3 is 1. The first-order chi connectivity index (χ1) is 7.22. The van der Waals surface area contributed by atoms with E-state index in [4.69, 9.17) is 7.38 Å². The molecule has 0 saturated heterocycles. The van der Waals surface area contributed by atoms with E-state index in [-0.39, 0.29) is 5.97 Å². The predicted octanol–water partition coefficient (Wildman–Crippen LogP) is 2.22. The molecule has 0 aliphatic rings. The summed E-state index contributed by atoms with van der Waals surface area (Å²) in [4.78, 5) is 10.6. The van der Waals surface area contributed by atoms with E-state index in [1.54, 1.807) is 7.11 Å². The first kappa shape index (κ1) is 12.5. The molecular formula is C11H14HgO3. The first-order valence-electron chi connectivity index (χ1n) is 4.98. The molecule has 0 fully saturated rings. The second-order valence-electron chi connectivity index (χ2n) is 3.29. The third kappa shape index (κ3) is 5.16. The van der Waals surface area contributed by atoms with Gasteiger partial charge in [-0.1, -0.05) is 0 Å². The van der Waals surface area contributed by atoms with Crippen LogP contribution < -0.4 is 4.74 Å². The molecule has 0 bridgehead atoms. The summed E-state index contributed by atoms with van der Waals surface area (Å²) >= 11 is -1.37. The van der Waals surface area contributed by atoms with Crippen molar-refractivity contribution >= 4 is 5.97 Å². The van der Waals surface area contributed by atoms with E-state index in [0.29, 0.717) is 0 Å². The Hall–Kier alpha value is -0.575. The Balaban J connectivity index is 2.28. The SMILES string of the molecule is COc1ccc(C[CH2][Hg][O]C(C)=O)cc1. The molecule has 0 radical (unpaired) electrons. The van der Waals surface area contributed by atoms with Gasteiger partial charge in [0, 0.05) is 0 Å². The van der Waals surface area contributed by atoms with Crippen molar-refractivity contribution in [1.82, 2.24) is 0 Å². The number of aryl methyl sites for hydroxylation is 1. The molecule has 1 aromatic carbocycles. The summed E-state index contributed by atoms with van der Waals surface area (Å²) in [5, 5.41) is 0. The summed E-state index contributed by atoms with van der Waals surface area (Å²) < 4.78 is 11.2. The molecule has 0 atom stereocenters. The Morgan fingerprint density at radius 1 is 1.33 bits per heavy atom. The molecule has 1 aromatic rings. The van der Waals surface area contributed by atoms with Gasteiger partial charge in [-0.05, 0) is 0 Å². The molecule has 0 amide bonds. The van der Waals surface area contributed by atoms with Gasteiger partial charge in [0.1, 0.15) is 0 Å². The fourth-order valence-corrected chi connectivity index (χ4v) is 5.11. The van der Waals surface area contributed by atoms with Gasteiger partial charge in [0.2, 0.25) is 0 Å². The Morgan fingerprint density at radius 2 is 2.00 bits per heavy atom. The summed E-state index contributed by atoms with van der Waals surface area (Å²) in [6.07, 6.45) is 1.01. The summed E-state index contributed by atoms with van der Waals surface area (Å²) in [5.41, 5.74) is 1.28. The zero-order chi connectivity index (χ0) is 11.1. The molecule has 0 aliphatic carbocycles. The van der Waals surface area contributed by atoms with Crippen LogP contribution in [0, 0.1) is 0 Å². The van der Waals surface area contributed by atoms with Crippen LogP contribution in [0.2, 0.25) is 3.93 Å². The van der Waals surface area contributed by atoms with Crippen molar-refractivity contribution in [3.63, 3.8) is 0 Å². The average molecular weight is 395 g/mol. The van der Waals surface area contributed by atoms with Crippen LogP contribution in [-0.4, -0.2) is 13.1 Å². The summed E-state index contributed by atoms with van der Waals surface area (Å²) in [7, 11) is 1.66. The van der Waals surface area contributed by atoms with E-state index in [0.717, 1.165) is 16.1 Å². The normalized spacial score (nSPS) is 9.20. The summed E-state index contributed by atoms with van der Waals surface area (Å²) in [6.45, 7) is 1.48. The van der Waals surface area contributed by atoms with Crippen LogP contribution in [0.1, 0.15) is 12.5 Å². The second kappa shape index (κ2) is 6.83. The van der Waals surface area contributed by atoms with Gasteiger partial charge < -0.3 is 0 Å². The van der Waals surface area contributed by atoms with E-state index in [1.807, 2.05) is 12.1 Å². The number of hydrogen-bond acceptors (Lipinski definition) is 3. The van der Waals surface area contributed by atoms with E-state index in [1.165, 1.54) is 12.5 Å². The van der Waals surface area contributed by atoms with Gasteiger partial charge in [0.05, 0.1) is 0 Å². The average Bonchev–Trinajstić information content (AvgIpc) is 2.25. The molecule has 0 saturated carbocycles. The molecule has 0 aromatic heterocycles. The van der Waals surface area contributed by atoms with E-state index in [9.17, 15) is 4.79 Å². The molecule has 0 spiro atoms. The van der Waals surface area contributed by atoms with Crippen molar-refractivity contribution in [3.05, 3.63) is 29.8 Å². The molecule has 1 rings (SSSR count). The van der Waals surface area contributed by atoms with Crippen molar-refractivity contribution in [2.24, 2.45) is 0 Å². The Kier molecular flexibility index (Phi) is 5.69. The molecule has 0 N–H and O–H groups in total. The van der Waals surface area contributed by atoms with Crippen molar-refractivity contribution < 1.29 is 37.2 Å². The van der Waals surface area contributed by atoms with Gasteiger partial charge >= 0.3 is 103 Å². The Labute approximate surface area is 103 Å². The standard InChI is InChI=1S/C9H11O.C2H4O2.Hg/c1-3-8-4-6-9(10-2)7-5-8;1-2(3)4;/h4-7H,1,3H2,2H3;1H3,(H,3,4);/q;;+1/p-1. The van der Waals surface area contributed by atoms with Gasteiger partial charge in [-0.15, -0.1) is 0 Å². The van der Waals surface area contributed by atoms with E-state index in [2.05, 4.69) is 12.1 Å². The molecule has 15 heavy (non-hydrogen) atoms. The Bertz CT molecular complexity index is 308. The van der Waals surface area contributed by atoms with Crippen LogP contribution in [0.5, 0.6) is 5.75 Å². The van der Waals surface area contributed by atoms with Crippen LogP contribution in [0.15, 0.2) is 24.3 Å². The van der Waals surface area contributed by atoms with Gasteiger partial charge in [-0.25, -0.2) is 0 Å². The van der Waals surface area contributed by atoms with Crippen LogP contribution in [-0.2, 0) is 38.9 Å². The number of rotatable bonds is 5. The molecule has 78 valence electrons. The number of carbonyl (C=O) groups excluding carboxylic acids is 1. The van der Waals surface area contributed by atoms with Gasteiger partial charge in [0.15, 0.2) is 0 Å². The quantitative estimate of drug-likeness (QED) is 0.567. The molecule has 0 heterocycles. The number of hydrogen-bond donors (Lipinski definition) is 0. The van der Waals surface area contributed by atoms with Crippen molar-refractivity contribution in [1.29, 1.82) is 0 Å². The minimum absolute atomic E-state index is 0.119. The maximum absolute atomic E-state index is 10.6. The molecule has 0 unspecified atom stereocenters. The summed E-state index contributed by atoms with van der Waals surface area (Å²) in [5.74, 6) is 0.759.